The quantitative estimate of drug-likeness (QED) is 0.417. The Morgan fingerprint density at radius 1 is 1.13 bits per heavy atom. The molecule has 0 unspecified atom stereocenters. The van der Waals surface area contributed by atoms with Crippen molar-refractivity contribution in [2.75, 3.05) is 23.5 Å². The van der Waals surface area contributed by atoms with Gasteiger partial charge in [0, 0.05) is 35.1 Å². The molecule has 4 aromatic rings. The van der Waals surface area contributed by atoms with Gasteiger partial charge in [0.05, 0.1) is 30.2 Å². The van der Waals surface area contributed by atoms with Crippen LogP contribution in [0.2, 0.25) is 0 Å². The summed E-state index contributed by atoms with van der Waals surface area (Å²) in [6.45, 7) is 2.76. The zero-order valence-corrected chi connectivity index (χ0v) is 16.5. The Hall–Kier alpha value is -3.43. The Morgan fingerprint density at radius 2 is 2.07 bits per heavy atom. The van der Waals surface area contributed by atoms with Gasteiger partial charge in [0.1, 0.15) is 5.65 Å². The van der Waals surface area contributed by atoms with Crippen molar-refractivity contribution in [2.24, 2.45) is 0 Å². The number of hydrogen-bond acceptors (Lipinski definition) is 7. The van der Waals surface area contributed by atoms with Crippen LogP contribution in [0.5, 0.6) is 0 Å². The molecule has 0 radical (unpaired) electrons. The van der Waals surface area contributed by atoms with Gasteiger partial charge in [0.25, 0.3) is 0 Å². The van der Waals surface area contributed by atoms with E-state index < -0.39 is 0 Å². The van der Waals surface area contributed by atoms with Crippen molar-refractivity contribution in [3.63, 3.8) is 0 Å². The summed E-state index contributed by atoms with van der Waals surface area (Å²) in [4.78, 5) is 12.5. The highest BCUT2D eigenvalue weighted by atomic mass is 15.7. The molecule has 9 nitrogen and oxygen atoms in total. The average molecular weight is 401 g/mol. The molecule has 1 saturated heterocycles. The summed E-state index contributed by atoms with van der Waals surface area (Å²) < 4.78 is 2.10. The van der Waals surface area contributed by atoms with Crippen LogP contribution in [0.3, 0.4) is 0 Å². The fraction of sp³-hybridized carbons (Fsp3) is 0.286. The van der Waals surface area contributed by atoms with Crippen LogP contribution in [0.1, 0.15) is 24.4 Å². The molecule has 1 fully saturated rings. The van der Waals surface area contributed by atoms with Crippen molar-refractivity contribution in [1.82, 2.24) is 35.6 Å². The third-order valence-electron chi connectivity index (χ3n) is 5.90. The van der Waals surface area contributed by atoms with Crippen molar-refractivity contribution in [3.8, 4) is 11.3 Å². The second-order valence-corrected chi connectivity index (χ2v) is 7.79. The van der Waals surface area contributed by atoms with E-state index in [1.807, 2.05) is 29.5 Å². The molecule has 4 N–H and O–H groups in total. The Kier molecular flexibility index (Phi) is 4.14. The minimum atomic E-state index is 0.463. The molecule has 2 aliphatic rings. The third kappa shape index (κ3) is 2.99. The van der Waals surface area contributed by atoms with E-state index in [4.69, 9.17) is 4.98 Å². The van der Waals surface area contributed by atoms with Gasteiger partial charge >= 0.3 is 0 Å². The molecule has 0 amide bonds. The van der Waals surface area contributed by atoms with Gasteiger partial charge in [0.15, 0.2) is 5.82 Å². The summed E-state index contributed by atoms with van der Waals surface area (Å²) in [6, 6.07) is 8.60. The van der Waals surface area contributed by atoms with Crippen molar-refractivity contribution in [1.29, 1.82) is 0 Å². The SMILES string of the molecule is c1cnc2[nH]cc(CN3NNc4ccc(-c5cnn(C6CCNCC6)c5)nc43)c2c1. The van der Waals surface area contributed by atoms with Gasteiger partial charge in [-0.05, 0) is 50.2 Å². The number of hydrazine groups is 2. The highest BCUT2D eigenvalue weighted by Crippen LogP contribution is 2.32. The Balaban J connectivity index is 1.27. The van der Waals surface area contributed by atoms with Crippen molar-refractivity contribution in [2.45, 2.75) is 25.4 Å². The molecule has 30 heavy (non-hydrogen) atoms. The number of anilines is 2. The Labute approximate surface area is 173 Å². The number of piperidine rings is 1. The van der Waals surface area contributed by atoms with Gasteiger partial charge in [-0.1, -0.05) is 0 Å². The van der Waals surface area contributed by atoms with Crippen molar-refractivity contribution >= 4 is 22.5 Å². The predicted molar refractivity (Wildman–Crippen MR) is 116 cm³/mol. The van der Waals surface area contributed by atoms with Gasteiger partial charge in [-0.15, -0.1) is 5.53 Å². The largest absolute Gasteiger partial charge is 0.346 e. The molecule has 152 valence electrons. The highest BCUT2D eigenvalue weighted by Gasteiger charge is 2.23. The number of rotatable bonds is 4. The normalized spacial score (nSPS) is 16.7. The smallest absolute Gasteiger partial charge is 0.170 e. The molecule has 6 heterocycles. The molecule has 4 aromatic heterocycles. The first kappa shape index (κ1) is 17.4. The second kappa shape index (κ2) is 7.12. The lowest BCUT2D eigenvalue weighted by Gasteiger charge is -2.22. The number of aromatic nitrogens is 5. The summed E-state index contributed by atoms with van der Waals surface area (Å²) >= 11 is 0. The second-order valence-electron chi connectivity index (χ2n) is 7.79. The van der Waals surface area contributed by atoms with Gasteiger partial charge in [0.2, 0.25) is 0 Å². The van der Waals surface area contributed by atoms with E-state index in [0.29, 0.717) is 12.6 Å². The first-order valence-corrected chi connectivity index (χ1v) is 10.3. The van der Waals surface area contributed by atoms with E-state index in [-0.39, 0.29) is 0 Å². The molecular weight excluding hydrogens is 378 g/mol. The van der Waals surface area contributed by atoms with Gasteiger partial charge in [-0.2, -0.15) is 5.10 Å². The zero-order valence-electron chi connectivity index (χ0n) is 16.5. The van der Waals surface area contributed by atoms with E-state index >= 15 is 0 Å². The first-order valence-electron chi connectivity index (χ1n) is 10.3. The molecule has 0 bridgehead atoms. The summed E-state index contributed by atoms with van der Waals surface area (Å²) in [5, 5.41) is 11.2. The Bertz CT molecular complexity index is 1190. The fourth-order valence-corrected chi connectivity index (χ4v) is 4.26. The van der Waals surface area contributed by atoms with E-state index in [1.165, 1.54) is 0 Å². The standard InChI is InChI=1S/C21H23N9/c1-2-17-14(10-24-20(17)23-7-1)12-30-21-19(27-28-30)4-3-18(26-21)15-11-25-29(13-15)16-5-8-22-9-6-16/h1-4,7,10-11,13,16,22,27-28H,5-6,8-9,12H2,(H,23,24). The highest BCUT2D eigenvalue weighted by molar-refractivity contribution is 5.80. The lowest BCUT2D eigenvalue weighted by Crippen LogP contribution is -2.35. The van der Waals surface area contributed by atoms with Crippen LogP contribution in [-0.4, -0.2) is 37.8 Å². The number of fused-ring (bicyclic) bond motifs is 2. The molecule has 0 spiro atoms. The maximum Gasteiger partial charge on any atom is 0.170 e. The van der Waals surface area contributed by atoms with Crippen molar-refractivity contribution < 1.29 is 0 Å². The fourth-order valence-electron chi connectivity index (χ4n) is 4.26. The number of aromatic amines is 1. The van der Waals surface area contributed by atoms with Crippen LogP contribution >= 0.6 is 0 Å². The first-order chi connectivity index (χ1) is 14.8. The molecule has 0 aromatic carbocycles. The van der Waals surface area contributed by atoms with E-state index in [0.717, 1.165) is 65.3 Å². The lowest BCUT2D eigenvalue weighted by molar-refractivity contribution is 0.343. The maximum atomic E-state index is 4.93. The molecular formula is C21H23N9. The molecule has 6 rings (SSSR count). The van der Waals surface area contributed by atoms with Gasteiger partial charge in [-0.25, -0.2) is 9.97 Å². The van der Waals surface area contributed by atoms with Crippen LogP contribution < -0.4 is 21.3 Å². The number of H-pyrrole nitrogens is 1. The molecule has 9 heteroatoms. The molecule has 2 aliphatic heterocycles. The number of nitrogens with one attached hydrogen (secondary N) is 4. The van der Waals surface area contributed by atoms with Gasteiger partial charge in [-0.3, -0.25) is 9.69 Å². The minimum absolute atomic E-state index is 0.463. The van der Waals surface area contributed by atoms with Crippen LogP contribution in [0, 0.1) is 0 Å². The van der Waals surface area contributed by atoms with Crippen LogP contribution in [0.4, 0.5) is 11.5 Å². The lowest BCUT2D eigenvalue weighted by atomic mass is 10.1. The van der Waals surface area contributed by atoms with E-state index in [2.05, 4.69) is 54.4 Å². The summed E-state index contributed by atoms with van der Waals surface area (Å²) in [7, 11) is 0. The van der Waals surface area contributed by atoms with E-state index in [1.54, 1.807) is 6.20 Å². The van der Waals surface area contributed by atoms with Gasteiger partial charge < -0.3 is 15.7 Å². The topological polar surface area (TPSA) is 98.7 Å². The number of pyridine rings is 2. The average Bonchev–Trinajstić information content (AvgIpc) is 3.54. The summed E-state index contributed by atoms with van der Waals surface area (Å²) in [5.41, 5.74) is 11.4. The molecule has 0 atom stereocenters. The minimum Gasteiger partial charge on any atom is -0.346 e. The monoisotopic (exact) mass is 401 g/mol. The Morgan fingerprint density at radius 3 is 3.00 bits per heavy atom. The van der Waals surface area contributed by atoms with Crippen LogP contribution in [0.15, 0.2) is 49.1 Å². The molecule has 0 saturated carbocycles. The van der Waals surface area contributed by atoms with Crippen LogP contribution in [-0.2, 0) is 6.54 Å². The number of nitrogens with zero attached hydrogens (tertiary/aromatic N) is 5. The molecule has 0 aliphatic carbocycles. The van der Waals surface area contributed by atoms with Crippen molar-refractivity contribution in [3.05, 3.63) is 54.6 Å². The summed E-state index contributed by atoms with van der Waals surface area (Å²) in [6.07, 6.45) is 10.1. The summed E-state index contributed by atoms with van der Waals surface area (Å²) in [5.74, 6) is 0.875. The maximum absolute atomic E-state index is 4.93. The zero-order chi connectivity index (χ0) is 19.9. The number of hydrogen-bond donors (Lipinski definition) is 4. The third-order valence-corrected chi connectivity index (χ3v) is 5.90. The predicted octanol–water partition coefficient (Wildman–Crippen LogP) is 2.60. The van der Waals surface area contributed by atoms with E-state index in [9.17, 15) is 0 Å². The van der Waals surface area contributed by atoms with Crippen LogP contribution in [0.25, 0.3) is 22.3 Å².